The van der Waals surface area contributed by atoms with E-state index in [1.54, 1.807) is 31.0 Å². The molecule has 1 amide bonds. The second kappa shape index (κ2) is 7.65. The molecule has 0 bridgehead atoms. The molecule has 0 saturated carbocycles. The Bertz CT molecular complexity index is 923. The average molecular weight is 362 g/mol. The van der Waals surface area contributed by atoms with E-state index in [1.165, 1.54) is 0 Å². The fourth-order valence-electron chi connectivity index (χ4n) is 3.60. The van der Waals surface area contributed by atoms with Crippen LogP contribution in [-0.2, 0) is 17.6 Å². The molecule has 0 aliphatic carbocycles. The molecule has 0 N–H and O–H groups in total. The molecule has 1 atom stereocenters. The lowest BCUT2D eigenvalue weighted by atomic mass is 10.1. The van der Waals surface area contributed by atoms with E-state index in [2.05, 4.69) is 21.9 Å². The molecule has 1 aliphatic rings. The normalized spacial score (nSPS) is 16.6. The zero-order chi connectivity index (χ0) is 18.6. The Morgan fingerprint density at radius 3 is 2.96 bits per heavy atom. The SMILES string of the molecule is CCc1nccn1-c1cncc([C@H]2CCCN2C(=O)Cc2cccnc2)n1. The Balaban J connectivity index is 1.57. The smallest absolute Gasteiger partial charge is 0.227 e. The molecular weight excluding hydrogens is 340 g/mol. The molecule has 3 aromatic rings. The van der Waals surface area contributed by atoms with E-state index in [9.17, 15) is 4.79 Å². The molecule has 4 heterocycles. The molecule has 1 aliphatic heterocycles. The first-order valence-corrected chi connectivity index (χ1v) is 9.29. The standard InChI is InChI=1S/C20H22N6O/c1-2-18-23-8-10-26(18)19-14-22-13-16(24-19)17-6-4-9-25(17)20(27)11-15-5-3-7-21-12-15/h3,5,7-8,10,12-14,17H,2,4,6,9,11H2,1H3/t17-/m1/s1. The quantitative estimate of drug-likeness (QED) is 0.697. The summed E-state index contributed by atoms with van der Waals surface area (Å²) in [7, 11) is 0. The average Bonchev–Trinajstić information content (AvgIpc) is 3.38. The monoisotopic (exact) mass is 362 g/mol. The lowest BCUT2D eigenvalue weighted by Gasteiger charge is -2.24. The second-order valence-electron chi connectivity index (χ2n) is 6.65. The lowest BCUT2D eigenvalue weighted by Crippen LogP contribution is -2.32. The van der Waals surface area contributed by atoms with Crippen molar-refractivity contribution in [2.75, 3.05) is 6.54 Å². The Labute approximate surface area is 158 Å². The van der Waals surface area contributed by atoms with Gasteiger partial charge in [-0.05, 0) is 24.5 Å². The summed E-state index contributed by atoms with van der Waals surface area (Å²) in [6.07, 6.45) is 13.7. The minimum atomic E-state index is -0.0322. The zero-order valence-corrected chi connectivity index (χ0v) is 15.3. The summed E-state index contributed by atoms with van der Waals surface area (Å²) in [6.45, 7) is 2.81. The van der Waals surface area contributed by atoms with Gasteiger partial charge in [-0.2, -0.15) is 0 Å². The van der Waals surface area contributed by atoms with Crippen molar-refractivity contribution in [2.24, 2.45) is 0 Å². The summed E-state index contributed by atoms with van der Waals surface area (Å²) >= 11 is 0. The molecule has 0 spiro atoms. The van der Waals surface area contributed by atoms with Crippen molar-refractivity contribution in [3.63, 3.8) is 0 Å². The van der Waals surface area contributed by atoms with E-state index in [-0.39, 0.29) is 11.9 Å². The highest BCUT2D eigenvalue weighted by Crippen LogP contribution is 2.31. The number of rotatable bonds is 5. The number of pyridine rings is 1. The Morgan fingerprint density at radius 1 is 1.22 bits per heavy atom. The van der Waals surface area contributed by atoms with Gasteiger partial charge >= 0.3 is 0 Å². The van der Waals surface area contributed by atoms with E-state index < -0.39 is 0 Å². The molecule has 7 heteroatoms. The van der Waals surface area contributed by atoms with Crippen molar-refractivity contribution in [1.82, 2.24) is 29.4 Å². The van der Waals surface area contributed by atoms with Gasteiger partial charge in [0, 0.05) is 37.8 Å². The van der Waals surface area contributed by atoms with E-state index in [0.717, 1.165) is 48.7 Å². The van der Waals surface area contributed by atoms with E-state index in [1.807, 2.05) is 27.8 Å². The molecule has 4 rings (SSSR count). The van der Waals surface area contributed by atoms with Gasteiger partial charge in [-0.15, -0.1) is 0 Å². The summed E-state index contributed by atoms with van der Waals surface area (Å²) in [5, 5.41) is 0. The Kier molecular flexibility index (Phi) is 4.91. The molecule has 27 heavy (non-hydrogen) atoms. The molecule has 7 nitrogen and oxygen atoms in total. The van der Waals surface area contributed by atoms with Crippen molar-refractivity contribution < 1.29 is 4.79 Å². The van der Waals surface area contributed by atoms with E-state index in [4.69, 9.17) is 4.98 Å². The number of likely N-dealkylation sites (tertiary alicyclic amines) is 1. The number of aryl methyl sites for hydroxylation is 1. The van der Waals surface area contributed by atoms with Crippen LogP contribution in [0.25, 0.3) is 5.82 Å². The molecule has 138 valence electrons. The molecule has 0 radical (unpaired) electrons. The Morgan fingerprint density at radius 2 is 2.15 bits per heavy atom. The summed E-state index contributed by atoms with van der Waals surface area (Å²) in [5.41, 5.74) is 1.76. The number of imidazole rings is 1. The summed E-state index contributed by atoms with van der Waals surface area (Å²) in [4.78, 5) is 32.4. The predicted octanol–water partition coefficient (Wildman–Crippen LogP) is 2.53. The van der Waals surface area contributed by atoms with Crippen LogP contribution in [0, 0.1) is 0 Å². The van der Waals surface area contributed by atoms with E-state index >= 15 is 0 Å². The third-order valence-electron chi connectivity index (χ3n) is 4.91. The number of hydrogen-bond acceptors (Lipinski definition) is 5. The van der Waals surface area contributed by atoms with Crippen LogP contribution in [0.1, 0.15) is 42.9 Å². The predicted molar refractivity (Wildman–Crippen MR) is 100 cm³/mol. The number of carbonyl (C=O) groups is 1. The molecule has 1 fully saturated rings. The van der Waals surface area contributed by atoms with Gasteiger partial charge in [-0.25, -0.2) is 9.97 Å². The number of nitrogens with zero attached hydrogens (tertiary/aromatic N) is 6. The van der Waals surface area contributed by atoms with Crippen LogP contribution >= 0.6 is 0 Å². The van der Waals surface area contributed by atoms with Gasteiger partial charge < -0.3 is 4.90 Å². The second-order valence-corrected chi connectivity index (χ2v) is 6.65. The highest BCUT2D eigenvalue weighted by Gasteiger charge is 2.31. The van der Waals surface area contributed by atoms with Crippen LogP contribution in [0.3, 0.4) is 0 Å². The maximum atomic E-state index is 12.8. The summed E-state index contributed by atoms with van der Waals surface area (Å²) < 4.78 is 1.95. The largest absolute Gasteiger partial charge is 0.334 e. The molecule has 1 saturated heterocycles. The third-order valence-corrected chi connectivity index (χ3v) is 4.91. The van der Waals surface area contributed by atoms with Gasteiger partial charge in [0.25, 0.3) is 0 Å². The first-order chi connectivity index (χ1) is 13.3. The molecule has 0 aromatic carbocycles. The third kappa shape index (κ3) is 3.58. The minimum Gasteiger partial charge on any atom is -0.334 e. The first kappa shape index (κ1) is 17.3. The van der Waals surface area contributed by atoms with Gasteiger partial charge in [-0.1, -0.05) is 13.0 Å². The highest BCUT2D eigenvalue weighted by atomic mass is 16.2. The van der Waals surface area contributed by atoms with Crippen LogP contribution in [-0.4, -0.2) is 41.9 Å². The summed E-state index contributed by atoms with van der Waals surface area (Å²) in [5.74, 6) is 1.79. The fraction of sp³-hybridized carbons (Fsp3) is 0.350. The van der Waals surface area contributed by atoms with Crippen LogP contribution < -0.4 is 0 Å². The maximum absolute atomic E-state index is 12.8. The number of aromatic nitrogens is 5. The molecule has 3 aromatic heterocycles. The van der Waals surface area contributed by atoms with Crippen LogP contribution in [0.4, 0.5) is 0 Å². The van der Waals surface area contributed by atoms with Gasteiger partial charge in [0.1, 0.15) is 5.82 Å². The van der Waals surface area contributed by atoms with Crippen molar-refractivity contribution in [2.45, 2.75) is 38.6 Å². The van der Waals surface area contributed by atoms with Crippen molar-refractivity contribution in [3.05, 3.63) is 66.4 Å². The van der Waals surface area contributed by atoms with Gasteiger partial charge in [0.2, 0.25) is 5.91 Å². The zero-order valence-electron chi connectivity index (χ0n) is 15.3. The van der Waals surface area contributed by atoms with Crippen LogP contribution in [0.15, 0.2) is 49.3 Å². The molecule has 0 unspecified atom stereocenters. The number of carbonyl (C=O) groups excluding carboxylic acids is 1. The lowest BCUT2D eigenvalue weighted by molar-refractivity contribution is -0.131. The van der Waals surface area contributed by atoms with Crippen LogP contribution in [0.5, 0.6) is 0 Å². The van der Waals surface area contributed by atoms with Gasteiger partial charge in [0.15, 0.2) is 5.82 Å². The van der Waals surface area contributed by atoms with Gasteiger partial charge in [0.05, 0.1) is 30.6 Å². The van der Waals surface area contributed by atoms with Crippen LogP contribution in [0.2, 0.25) is 0 Å². The fourth-order valence-corrected chi connectivity index (χ4v) is 3.60. The number of hydrogen-bond donors (Lipinski definition) is 0. The number of amides is 1. The molecular formula is C20H22N6O. The summed E-state index contributed by atoms with van der Waals surface area (Å²) in [6, 6.07) is 3.76. The maximum Gasteiger partial charge on any atom is 0.227 e. The minimum absolute atomic E-state index is 0.0322. The van der Waals surface area contributed by atoms with Crippen molar-refractivity contribution in [3.8, 4) is 5.82 Å². The first-order valence-electron chi connectivity index (χ1n) is 9.29. The highest BCUT2D eigenvalue weighted by molar-refractivity contribution is 5.79. The Hall–Kier alpha value is -3.09. The topological polar surface area (TPSA) is 76.8 Å². The van der Waals surface area contributed by atoms with Crippen molar-refractivity contribution >= 4 is 5.91 Å². The van der Waals surface area contributed by atoms with E-state index in [0.29, 0.717) is 6.42 Å². The van der Waals surface area contributed by atoms with Gasteiger partial charge in [-0.3, -0.25) is 19.3 Å². The van der Waals surface area contributed by atoms with Crippen molar-refractivity contribution in [1.29, 1.82) is 0 Å².